The van der Waals surface area contributed by atoms with Gasteiger partial charge in [-0.3, -0.25) is 14.4 Å². The summed E-state index contributed by atoms with van der Waals surface area (Å²) in [5.74, 6) is -7.17. The molecule has 498 valence electrons. The fourth-order valence-corrected chi connectivity index (χ4v) is 12.2. The van der Waals surface area contributed by atoms with Gasteiger partial charge in [0.2, 0.25) is 5.79 Å². The molecule has 16 atom stereocenters. The Morgan fingerprint density at radius 1 is 0.724 bits per heavy atom. The number of rotatable bonds is 25. The first-order chi connectivity index (χ1) is 41.7. The molecule has 3 heterocycles. The first-order valence-electron chi connectivity index (χ1n) is 32.0. The summed E-state index contributed by atoms with van der Waals surface area (Å²) < 4.78 is 69.9. The van der Waals surface area contributed by atoms with Crippen LogP contribution in [0, 0.1) is 35.5 Å². The molecule has 0 aromatic rings. The number of aliphatic hydroxyl groups is 2. The highest BCUT2D eigenvalue weighted by Crippen LogP contribution is 2.38. The van der Waals surface area contributed by atoms with Gasteiger partial charge in [-0.25, -0.2) is 9.59 Å². The van der Waals surface area contributed by atoms with Gasteiger partial charge < -0.3 is 77.3 Å². The fraction of sp³-hybridized carbons (Fsp3) is 0.803. The summed E-state index contributed by atoms with van der Waals surface area (Å²) in [4.78, 5) is 72.0. The number of ketones is 2. The molecule has 4 aliphatic rings. The van der Waals surface area contributed by atoms with Crippen molar-refractivity contribution in [2.75, 3.05) is 108 Å². The molecule has 0 radical (unpaired) electrons. The largest absolute Gasteiger partial charge is 0.460 e. The van der Waals surface area contributed by atoms with E-state index in [-0.39, 0.29) is 62.0 Å². The highest BCUT2D eigenvalue weighted by atomic mass is 16.6. The lowest BCUT2D eigenvalue weighted by molar-refractivity contribution is -0.265. The van der Waals surface area contributed by atoms with Crippen LogP contribution in [0.15, 0.2) is 47.6 Å². The number of Topliss-reactive ketones (excluding diaryl/α,β-unsaturated/α-hetero) is 2. The topological polar surface area (TPSA) is 252 Å². The van der Waals surface area contributed by atoms with Gasteiger partial charge >= 0.3 is 12.1 Å². The molecular weight excluding hydrogens is 1120 g/mol. The highest BCUT2D eigenvalue weighted by molar-refractivity contribution is 6.39. The average Bonchev–Trinajstić information content (AvgIpc) is 0.957. The number of hydrogen-bond donors (Lipinski definition) is 3. The second-order valence-electron chi connectivity index (χ2n) is 24.4. The van der Waals surface area contributed by atoms with Crippen LogP contribution >= 0.6 is 0 Å². The Balaban J connectivity index is 1.48. The van der Waals surface area contributed by atoms with Crippen LogP contribution in [0.1, 0.15) is 139 Å². The van der Waals surface area contributed by atoms with Crippen molar-refractivity contribution in [1.29, 1.82) is 0 Å². The number of aliphatic hydroxyl groups excluding tert-OH is 1. The molecule has 2 amide bonds. The molecule has 2 bridgehead atoms. The molecule has 4 rings (SSSR count). The molecule has 21 heteroatoms. The smallest absolute Gasteiger partial charge is 0.407 e. The van der Waals surface area contributed by atoms with E-state index in [4.69, 9.17) is 56.8 Å². The van der Waals surface area contributed by atoms with Gasteiger partial charge in [0, 0.05) is 78.7 Å². The number of esters is 1. The molecule has 0 aromatic carbocycles. The van der Waals surface area contributed by atoms with Gasteiger partial charge in [0.15, 0.2) is 5.78 Å². The van der Waals surface area contributed by atoms with Crippen molar-refractivity contribution in [3.8, 4) is 0 Å². The van der Waals surface area contributed by atoms with E-state index in [0.717, 1.165) is 18.6 Å². The van der Waals surface area contributed by atoms with Crippen LogP contribution in [-0.2, 0) is 76.0 Å². The number of hydrogen-bond acceptors (Lipinski definition) is 19. The second-order valence-corrected chi connectivity index (χ2v) is 24.4. The summed E-state index contributed by atoms with van der Waals surface area (Å²) in [5.41, 5.74) is 1.39. The number of ether oxygens (including phenoxy) is 12. The fourth-order valence-electron chi connectivity index (χ4n) is 12.2. The van der Waals surface area contributed by atoms with Crippen LogP contribution in [0.2, 0.25) is 0 Å². The Morgan fingerprint density at radius 2 is 1.37 bits per heavy atom. The standard InChI is InChI=1S/C66H110N2O19/c1-13-28-80-30-32-82-34-36-84-37-35-83-33-31-81-29-26-67-65(74)86-54-25-23-51(41-58(54)78-11)40-47(5)57-43-56(77-10)46(4)39-49(7)60(70)61(79-12)59(69)48(6)38-44(2)19-15-14-16-20-45(3)55(76-9)42-52-24-22-50(8)66(75,87-52)62(71)63(72)68-27-18-17-21-53(68)64(73)85-57/h14-16,19-20,39,44,46-48,50-58,60-61,70,75H,13,17-18,21-38,40-43H2,1-12H3,(H,67,74)/b16-14+,19-15+,45-20+,49-39+/t44-,46-,47-,48-,50-,51+,52+,53+,54-,55+,56-,57+,58-,60-,61+,66-/m1/s1. The lowest BCUT2D eigenvalue weighted by Crippen LogP contribution is -2.61. The van der Waals surface area contributed by atoms with E-state index in [1.54, 1.807) is 35.2 Å². The molecule has 1 saturated carbocycles. The van der Waals surface area contributed by atoms with E-state index in [9.17, 15) is 34.2 Å². The van der Waals surface area contributed by atoms with Gasteiger partial charge in [-0.2, -0.15) is 0 Å². The maximum Gasteiger partial charge on any atom is 0.407 e. The van der Waals surface area contributed by atoms with Gasteiger partial charge in [-0.15, -0.1) is 0 Å². The zero-order valence-electron chi connectivity index (χ0n) is 54.6. The lowest BCUT2D eigenvalue weighted by Gasteiger charge is -2.43. The summed E-state index contributed by atoms with van der Waals surface area (Å²) in [5, 5.41) is 26.6. The van der Waals surface area contributed by atoms with Crippen molar-refractivity contribution < 1.29 is 91.0 Å². The normalized spacial score (nSPS) is 33.9. The minimum Gasteiger partial charge on any atom is -0.460 e. The van der Waals surface area contributed by atoms with Crippen LogP contribution in [0.5, 0.6) is 0 Å². The van der Waals surface area contributed by atoms with Gasteiger partial charge in [-0.1, -0.05) is 78.0 Å². The first-order valence-corrected chi connectivity index (χ1v) is 32.0. The van der Waals surface area contributed by atoms with Crippen LogP contribution < -0.4 is 5.32 Å². The van der Waals surface area contributed by atoms with Crippen molar-refractivity contribution in [2.24, 2.45) is 35.5 Å². The van der Waals surface area contributed by atoms with Gasteiger partial charge in [-0.05, 0) is 113 Å². The van der Waals surface area contributed by atoms with E-state index < -0.39 is 96.2 Å². The number of nitrogens with one attached hydrogen (secondary N) is 1. The number of nitrogens with zero attached hydrogens (tertiary/aromatic N) is 1. The zero-order chi connectivity index (χ0) is 63.9. The summed E-state index contributed by atoms with van der Waals surface area (Å²) in [6.45, 7) is 20.2. The van der Waals surface area contributed by atoms with E-state index in [1.807, 2.05) is 71.1 Å². The van der Waals surface area contributed by atoms with Crippen molar-refractivity contribution in [3.63, 3.8) is 0 Å². The minimum absolute atomic E-state index is 0.0219. The molecule has 21 nitrogen and oxygen atoms in total. The number of cyclic esters (lactones) is 1. The summed E-state index contributed by atoms with van der Waals surface area (Å²) in [6.07, 6.45) is 11.9. The van der Waals surface area contributed by atoms with E-state index in [1.165, 1.54) is 12.0 Å². The summed E-state index contributed by atoms with van der Waals surface area (Å²) >= 11 is 0. The molecule has 3 fully saturated rings. The number of allylic oxidation sites excluding steroid dienone is 5. The molecule has 0 aromatic heterocycles. The predicted octanol–water partition coefficient (Wildman–Crippen LogP) is 7.85. The van der Waals surface area contributed by atoms with Crippen molar-refractivity contribution in [1.82, 2.24) is 10.2 Å². The van der Waals surface area contributed by atoms with Crippen LogP contribution in [0.25, 0.3) is 0 Å². The Morgan fingerprint density at radius 3 is 1.99 bits per heavy atom. The average molecular weight is 1240 g/mol. The van der Waals surface area contributed by atoms with E-state index in [0.29, 0.717) is 123 Å². The van der Waals surface area contributed by atoms with E-state index in [2.05, 4.69) is 12.2 Å². The third-order valence-electron chi connectivity index (χ3n) is 17.5. The third kappa shape index (κ3) is 25.0. The maximum atomic E-state index is 14.8. The molecule has 2 saturated heterocycles. The Labute approximate surface area is 519 Å². The Hall–Kier alpha value is -3.97. The third-order valence-corrected chi connectivity index (χ3v) is 17.5. The number of piperidine rings is 1. The summed E-state index contributed by atoms with van der Waals surface area (Å²) in [7, 11) is 6.17. The van der Waals surface area contributed by atoms with Crippen molar-refractivity contribution in [2.45, 2.75) is 200 Å². The van der Waals surface area contributed by atoms with Gasteiger partial charge in [0.1, 0.15) is 30.5 Å². The molecular formula is C66H110N2O19. The highest BCUT2D eigenvalue weighted by Gasteiger charge is 2.53. The van der Waals surface area contributed by atoms with Crippen LogP contribution in [-0.4, -0.2) is 213 Å². The van der Waals surface area contributed by atoms with Gasteiger partial charge in [0.05, 0.1) is 83.9 Å². The SMILES string of the molecule is CCCOCCOCCOCCOCCOCCNC(=O)O[C@@H]1CC[C@@H](C[C@@H](C)[C@@H]2C[C@@H](OC)[C@H](C)/C=C(\C)[C@@H](O)[C@@H](OC)C(=O)[C@H](C)C[C@H](C)/C=C/C=C/C=C(\C)[C@@H](OC)C[C@@H]3CC[C@@H](C)[C@@](O)(O3)C(=O)C(=O)N3CCCC[C@H]3C(=O)O2)C[C@H]1OC. The quantitative estimate of drug-likeness (QED) is 0.0340. The summed E-state index contributed by atoms with van der Waals surface area (Å²) in [6, 6.07) is -1.12. The molecule has 3 aliphatic heterocycles. The number of carbonyl (C=O) groups is 5. The predicted molar refractivity (Wildman–Crippen MR) is 328 cm³/mol. The number of fused-ring (bicyclic) bond motifs is 3. The van der Waals surface area contributed by atoms with Crippen LogP contribution in [0.4, 0.5) is 4.79 Å². The number of amides is 2. The van der Waals surface area contributed by atoms with Gasteiger partial charge in [0.25, 0.3) is 11.7 Å². The first kappa shape index (κ1) is 75.5. The number of methoxy groups -OCH3 is 4. The Bertz CT molecular complexity index is 2170. The molecule has 0 spiro atoms. The zero-order valence-corrected chi connectivity index (χ0v) is 54.6. The minimum atomic E-state index is -2.44. The Kier molecular flexibility index (Phi) is 35.3. The lowest BCUT2D eigenvalue weighted by atomic mass is 9.78. The van der Waals surface area contributed by atoms with E-state index >= 15 is 0 Å². The maximum absolute atomic E-state index is 14.8. The van der Waals surface area contributed by atoms with Crippen LogP contribution in [0.3, 0.4) is 0 Å². The number of alkyl carbamates (subject to hydrolysis) is 1. The molecule has 87 heavy (non-hydrogen) atoms. The monoisotopic (exact) mass is 1230 g/mol. The number of carbonyl (C=O) groups excluding carboxylic acids is 5. The molecule has 3 N–H and O–H groups in total. The molecule has 0 unspecified atom stereocenters. The second kappa shape index (κ2) is 40.7. The van der Waals surface area contributed by atoms with Crippen molar-refractivity contribution in [3.05, 3.63) is 47.6 Å². The van der Waals surface area contributed by atoms with Crippen molar-refractivity contribution >= 4 is 29.5 Å². The molecule has 1 aliphatic carbocycles.